The number of carbonyl (C=O) groups excluding carboxylic acids is 1. The molecule has 1 unspecified atom stereocenters. The van der Waals surface area contributed by atoms with E-state index in [9.17, 15) is 4.79 Å². The molecule has 30 heavy (non-hydrogen) atoms. The molecule has 0 fully saturated rings. The zero-order valence-corrected chi connectivity index (χ0v) is 20.7. The number of rotatable bonds is 10. The molecule has 1 heterocycles. The number of hydrogen-bond acceptors (Lipinski definition) is 3. The first-order chi connectivity index (χ1) is 14.0. The van der Waals surface area contributed by atoms with E-state index in [1.165, 1.54) is 0 Å². The first-order valence-corrected chi connectivity index (χ1v) is 10.1. The smallest absolute Gasteiger partial charge is 0.250 e. The van der Waals surface area contributed by atoms with Crippen LogP contribution >= 0.6 is 0 Å². The Morgan fingerprint density at radius 1 is 1.27 bits per heavy atom. The van der Waals surface area contributed by atoms with Crippen molar-refractivity contribution in [3.05, 3.63) is 72.3 Å². The Morgan fingerprint density at radius 2 is 2.03 bits per heavy atom. The molecular formula is C24H30N3O2Y-. The Bertz CT molecular complexity index is 984. The second-order valence-electron chi connectivity index (χ2n) is 7.48. The van der Waals surface area contributed by atoms with Gasteiger partial charge in [-0.3, -0.25) is 4.79 Å². The van der Waals surface area contributed by atoms with Gasteiger partial charge in [0.1, 0.15) is 12.4 Å². The van der Waals surface area contributed by atoms with Crippen molar-refractivity contribution >= 4 is 16.8 Å². The number of nitrogens with zero attached hydrogens (tertiary/aromatic N) is 1. The topological polar surface area (TPSA) is 69.3 Å². The third-order valence-corrected chi connectivity index (χ3v) is 5.07. The van der Waals surface area contributed by atoms with Crippen LogP contribution in [-0.4, -0.2) is 29.7 Å². The van der Waals surface area contributed by atoms with Gasteiger partial charge in [0.2, 0.25) is 0 Å². The van der Waals surface area contributed by atoms with Crippen LogP contribution in [0.15, 0.2) is 48.7 Å². The van der Waals surface area contributed by atoms with Gasteiger partial charge in [0.15, 0.2) is 0 Å². The summed E-state index contributed by atoms with van der Waals surface area (Å²) < 4.78 is 7.89. The second kappa shape index (κ2) is 11.6. The standard InChI is InChI=1S/C24H30N3O2.Y/c1-4-11-27-12-9-20-15-19(16-21(23(20)27)24(25)28)14-18(3)26-10-13-29-22-8-6-5-7-17(22)2;/h5-9,12,15-16,18,26H,1,4,10-11,13-14H2,2-3H3,(H2,25,28);/q-1;. The molecule has 0 aliphatic heterocycles. The van der Waals surface area contributed by atoms with E-state index in [0.717, 1.165) is 53.7 Å². The van der Waals surface area contributed by atoms with E-state index in [-0.39, 0.29) is 38.8 Å². The van der Waals surface area contributed by atoms with Gasteiger partial charge in [0, 0.05) is 56.9 Å². The zero-order valence-electron chi connectivity index (χ0n) is 17.9. The van der Waals surface area contributed by atoms with Crippen molar-refractivity contribution in [3.63, 3.8) is 0 Å². The van der Waals surface area contributed by atoms with Gasteiger partial charge in [-0.05, 0) is 62.2 Å². The van der Waals surface area contributed by atoms with Gasteiger partial charge in [-0.25, -0.2) is 0 Å². The van der Waals surface area contributed by atoms with E-state index >= 15 is 0 Å². The summed E-state index contributed by atoms with van der Waals surface area (Å²) in [6.07, 6.45) is 3.56. The van der Waals surface area contributed by atoms with E-state index in [1.807, 2.05) is 49.5 Å². The molecule has 6 heteroatoms. The van der Waals surface area contributed by atoms with Gasteiger partial charge in [-0.1, -0.05) is 18.2 Å². The third-order valence-electron chi connectivity index (χ3n) is 5.07. The van der Waals surface area contributed by atoms with Gasteiger partial charge in [0.05, 0.1) is 11.1 Å². The van der Waals surface area contributed by atoms with Crippen molar-refractivity contribution in [3.8, 4) is 5.75 Å². The number of nitrogens with one attached hydrogen (secondary N) is 1. The van der Waals surface area contributed by atoms with E-state index in [1.54, 1.807) is 0 Å². The number of ether oxygens (including phenoxy) is 1. The summed E-state index contributed by atoms with van der Waals surface area (Å²) in [5, 5.41) is 4.53. The number of para-hydroxylation sites is 1. The normalized spacial score (nSPS) is 11.8. The average molecular weight is 481 g/mol. The molecule has 0 saturated carbocycles. The Balaban J connectivity index is 0.00000320. The molecule has 3 N–H and O–H groups in total. The number of nitrogens with two attached hydrogens (primary N) is 1. The number of carbonyl (C=O) groups is 1. The molecule has 0 saturated heterocycles. The predicted octanol–water partition coefficient (Wildman–Crippen LogP) is 3.87. The molecule has 3 aromatic rings. The summed E-state index contributed by atoms with van der Waals surface area (Å²) in [7, 11) is 0. The van der Waals surface area contributed by atoms with Crippen LogP contribution in [0.3, 0.4) is 0 Å². The third kappa shape index (κ3) is 6.16. The van der Waals surface area contributed by atoms with E-state index in [0.29, 0.717) is 12.2 Å². The van der Waals surface area contributed by atoms with Crippen molar-refractivity contribution < 1.29 is 42.2 Å². The Kier molecular flexibility index (Phi) is 9.54. The fraction of sp³-hybridized carbons (Fsp3) is 0.333. The van der Waals surface area contributed by atoms with Crippen molar-refractivity contribution in [1.82, 2.24) is 9.88 Å². The van der Waals surface area contributed by atoms with Crippen molar-refractivity contribution in [2.24, 2.45) is 5.73 Å². The largest absolute Gasteiger partial charge is 0.492 e. The first kappa shape index (κ1) is 24.6. The quantitative estimate of drug-likeness (QED) is 0.341. The van der Waals surface area contributed by atoms with E-state index in [4.69, 9.17) is 10.5 Å². The van der Waals surface area contributed by atoms with Crippen molar-refractivity contribution in [1.29, 1.82) is 0 Å². The molecular weight excluding hydrogens is 451 g/mol. The maximum absolute atomic E-state index is 12.0. The first-order valence-electron chi connectivity index (χ1n) is 10.1. The summed E-state index contributed by atoms with van der Waals surface area (Å²) in [6.45, 7) is 10.2. The molecule has 0 aliphatic rings. The molecule has 1 atom stereocenters. The number of aromatic nitrogens is 1. The van der Waals surface area contributed by atoms with Crippen LogP contribution in [0.1, 0.15) is 34.8 Å². The monoisotopic (exact) mass is 481 g/mol. The maximum atomic E-state index is 12.0. The summed E-state index contributed by atoms with van der Waals surface area (Å²) in [6, 6.07) is 14.4. The predicted molar refractivity (Wildman–Crippen MR) is 118 cm³/mol. The van der Waals surface area contributed by atoms with Crippen LogP contribution in [0, 0.1) is 13.8 Å². The number of hydrogen-bond donors (Lipinski definition) is 2. The summed E-state index contributed by atoms with van der Waals surface area (Å²) in [5.41, 5.74) is 9.38. The fourth-order valence-corrected chi connectivity index (χ4v) is 3.68. The van der Waals surface area contributed by atoms with Crippen molar-refractivity contribution in [2.45, 2.75) is 39.3 Å². The van der Waals surface area contributed by atoms with Gasteiger partial charge in [-0.2, -0.15) is 6.42 Å². The molecule has 2 aromatic carbocycles. The molecule has 1 radical (unpaired) electrons. The summed E-state index contributed by atoms with van der Waals surface area (Å²) >= 11 is 0. The minimum absolute atomic E-state index is 0. The molecule has 3 rings (SSSR count). The maximum Gasteiger partial charge on any atom is 0.250 e. The Hall–Kier alpha value is -1.69. The number of fused-ring (bicyclic) bond motifs is 1. The number of primary amides is 1. The molecule has 0 spiro atoms. The van der Waals surface area contributed by atoms with Gasteiger partial charge < -0.3 is 27.3 Å². The molecule has 0 aliphatic carbocycles. The number of aryl methyl sites for hydroxylation is 2. The summed E-state index contributed by atoms with van der Waals surface area (Å²) in [4.78, 5) is 12.0. The Labute approximate surface area is 204 Å². The minimum Gasteiger partial charge on any atom is -0.492 e. The van der Waals surface area contributed by atoms with Gasteiger partial charge in [-0.15, -0.1) is 0 Å². The van der Waals surface area contributed by atoms with E-state index < -0.39 is 5.91 Å². The zero-order chi connectivity index (χ0) is 20.8. The molecule has 0 bridgehead atoms. The average Bonchev–Trinajstić information content (AvgIpc) is 3.09. The van der Waals surface area contributed by atoms with Crippen LogP contribution in [0.4, 0.5) is 0 Å². The SMILES string of the molecule is [CH2-]CCn1ccc2cc(CC(C)NCCOc3ccccc3C)cc(C(N)=O)c21.[Y]. The molecule has 1 aromatic heterocycles. The Morgan fingerprint density at radius 3 is 2.73 bits per heavy atom. The van der Waals surface area contributed by atoms with Crippen molar-refractivity contribution in [2.75, 3.05) is 13.2 Å². The summed E-state index contributed by atoms with van der Waals surface area (Å²) in [5.74, 6) is 0.526. The second-order valence-corrected chi connectivity index (χ2v) is 7.48. The van der Waals surface area contributed by atoms with Gasteiger partial charge in [0.25, 0.3) is 5.91 Å². The molecule has 157 valence electrons. The van der Waals surface area contributed by atoms with Crippen LogP contribution in [0.5, 0.6) is 5.75 Å². The number of amides is 1. The molecule has 5 nitrogen and oxygen atoms in total. The fourth-order valence-electron chi connectivity index (χ4n) is 3.68. The van der Waals surface area contributed by atoms with Gasteiger partial charge >= 0.3 is 0 Å². The van der Waals surface area contributed by atoms with Crippen LogP contribution < -0.4 is 15.8 Å². The van der Waals surface area contributed by atoms with Crippen LogP contribution in [0.2, 0.25) is 0 Å². The minimum atomic E-state index is -0.395. The molecule has 1 amide bonds. The van der Waals surface area contributed by atoms with Crippen LogP contribution in [-0.2, 0) is 45.7 Å². The number of benzene rings is 2. The van der Waals surface area contributed by atoms with Crippen LogP contribution in [0.25, 0.3) is 10.9 Å². The van der Waals surface area contributed by atoms with E-state index in [2.05, 4.69) is 29.8 Å².